The number of carbonyl (C=O) groups is 1. The number of hydrogen-bond acceptors (Lipinski definition) is 2. The maximum atomic E-state index is 12.0. The van der Waals surface area contributed by atoms with E-state index in [0.717, 1.165) is 18.8 Å². The van der Waals surface area contributed by atoms with Gasteiger partial charge in [-0.1, -0.05) is 36.8 Å². The fraction of sp³-hybridized carbons (Fsp3) is 0.438. The zero-order valence-corrected chi connectivity index (χ0v) is 11.1. The van der Waals surface area contributed by atoms with Gasteiger partial charge in [0.15, 0.2) is 0 Å². The van der Waals surface area contributed by atoms with Gasteiger partial charge in [0.2, 0.25) is 0 Å². The molecular formula is C16H20O2. The molecule has 0 fully saturated rings. The lowest BCUT2D eigenvalue weighted by Crippen LogP contribution is -2.21. The van der Waals surface area contributed by atoms with Crippen molar-refractivity contribution >= 4 is 5.97 Å². The van der Waals surface area contributed by atoms with Crippen LogP contribution in [-0.2, 0) is 4.79 Å². The Hall–Kier alpha value is -1.57. The van der Waals surface area contributed by atoms with Crippen molar-refractivity contribution < 1.29 is 9.53 Å². The molecule has 1 aromatic carbocycles. The Morgan fingerprint density at radius 2 is 2.06 bits per heavy atom. The van der Waals surface area contributed by atoms with E-state index in [1.807, 2.05) is 37.3 Å². The molecule has 1 aliphatic rings. The van der Waals surface area contributed by atoms with Crippen LogP contribution in [0.25, 0.3) is 0 Å². The van der Waals surface area contributed by atoms with Gasteiger partial charge in [-0.25, -0.2) is 0 Å². The standard InChI is InChI=1S/C16H20O2/c1-12-8-10-14(11-9-12)13(2)16(17)18-15-6-4-3-5-7-15/h3-7,10,12-13H,8-9,11H2,1-2H3. The van der Waals surface area contributed by atoms with Crippen LogP contribution in [0.4, 0.5) is 0 Å². The van der Waals surface area contributed by atoms with Gasteiger partial charge in [-0.05, 0) is 44.2 Å². The van der Waals surface area contributed by atoms with Gasteiger partial charge in [0.25, 0.3) is 0 Å². The molecule has 0 bridgehead atoms. The first-order chi connectivity index (χ1) is 8.66. The van der Waals surface area contributed by atoms with Gasteiger partial charge in [0.05, 0.1) is 5.92 Å². The van der Waals surface area contributed by atoms with Gasteiger partial charge in [0, 0.05) is 0 Å². The summed E-state index contributed by atoms with van der Waals surface area (Å²) in [6.45, 7) is 4.19. The second-order valence-corrected chi connectivity index (χ2v) is 5.11. The van der Waals surface area contributed by atoms with Crippen LogP contribution in [0.2, 0.25) is 0 Å². The van der Waals surface area contributed by atoms with Crippen molar-refractivity contribution in [3.05, 3.63) is 42.0 Å². The molecule has 2 rings (SSSR count). The van der Waals surface area contributed by atoms with Crippen LogP contribution in [0.15, 0.2) is 42.0 Å². The van der Waals surface area contributed by atoms with Gasteiger partial charge in [0.1, 0.15) is 5.75 Å². The van der Waals surface area contributed by atoms with Gasteiger partial charge in [-0.2, -0.15) is 0 Å². The Balaban J connectivity index is 1.97. The monoisotopic (exact) mass is 244 g/mol. The van der Waals surface area contributed by atoms with E-state index in [1.165, 1.54) is 12.0 Å². The van der Waals surface area contributed by atoms with Crippen molar-refractivity contribution in [3.8, 4) is 5.75 Å². The molecule has 1 aromatic rings. The maximum absolute atomic E-state index is 12.0. The van der Waals surface area contributed by atoms with Crippen LogP contribution in [-0.4, -0.2) is 5.97 Å². The Bertz CT molecular complexity index is 434. The number of esters is 1. The minimum atomic E-state index is -0.151. The van der Waals surface area contributed by atoms with Crippen LogP contribution in [0.1, 0.15) is 33.1 Å². The smallest absolute Gasteiger partial charge is 0.318 e. The number of allylic oxidation sites excluding steroid dienone is 1. The Morgan fingerprint density at radius 1 is 1.33 bits per heavy atom. The highest BCUT2D eigenvalue weighted by Gasteiger charge is 2.22. The van der Waals surface area contributed by atoms with E-state index < -0.39 is 0 Å². The van der Waals surface area contributed by atoms with Crippen molar-refractivity contribution in [3.63, 3.8) is 0 Å². The summed E-state index contributed by atoms with van der Waals surface area (Å²) in [6.07, 6.45) is 5.49. The number of carbonyl (C=O) groups excluding carboxylic acids is 1. The largest absolute Gasteiger partial charge is 0.426 e. The average molecular weight is 244 g/mol. The van der Waals surface area contributed by atoms with Crippen molar-refractivity contribution in [2.75, 3.05) is 0 Å². The summed E-state index contributed by atoms with van der Waals surface area (Å²) in [5.74, 6) is 1.09. The first kappa shape index (κ1) is 12.9. The average Bonchev–Trinajstić information content (AvgIpc) is 2.40. The molecule has 1 aliphatic carbocycles. The molecule has 2 atom stereocenters. The molecule has 0 saturated carbocycles. The summed E-state index contributed by atoms with van der Waals surface area (Å²) in [4.78, 5) is 12.0. The second-order valence-electron chi connectivity index (χ2n) is 5.11. The molecule has 0 amide bonds. The first-order valence-electron chi connectivity index (χ1n) is 6.62. The van der Waals surface area contributed by atoms with E-state index in [1.54, 1.807) is 0 Å². The molecule has 18 heavy (non-hydrogen) atoms. The van der Waals surface area contributed by atoms with E-state index in [-0.39, 0.29) is 11.9 Å². The molecule has 2 heteroatoms. The summed E-state index contributed by atoms with van der Waals surface area (Å²) >= 11 is 0. The Labute approximate surface area is 109 Å². The van der Waals surface area contributed by atoms with Crippen LogP contribution in [0.5, 0.6) is 5.75 Å². The maximum Gasteiger partial charge on any atom is 0.318 e. The lowest BCUT2D eigenvalue weighted by Gasteiger charge is -2.22. The highest BCUT2D eigenvalue weighted by molar-refractivity contribution is 5.77. The predicted molar refractivity (Wildman–Crippen MR) is 72.3 cm³/mol. The van der Waals surface area contributed by atoms with Crippen LogP contribution >= 0.6 is 0 Å². The zero-order chi connectivity index (χ0) is 13.0. The van der Waals surface area contributed by atoms with Crippen molar-refractivity contribution in [1.29, 1.82) is 0 Å². The number of para-hydroxylation sites is 1. The quantitative estimate of drug-likeness (QED) is 0.457. The SMILES string of the molecule is CC1CC=C(C(C)C(=O)Oc2ccccc2)CC1. The molecular weight excluding hydrogens is 224 g/mol. The van der Waals surface area contributed by atoms with Crippen molar-refractivity contribution in [1.82, 2.24) is 0 Å². The fourth-order valence-electron chi connectivity index (χ4n) is 2.22. The summed E-state index contributed by atoms with van der Waals surface area (Å²) < 4.78 is 5.38. The molecule has 2 nitrogen and oxygen atoms in total. The van der Waals surface area contributed by atoms with Crippen LogP contribution in [0.3, 0.4) is 0 Å². The van der Waals surface area contributed by atoms with Gasteiger partial charge in [-0.3, -0.25) is 4.79 Å². The van der Waals surface area contributed by atoms with E-state index in [9.17, 15) is 4.79 Å². The topological polar surface area (TPSA) is 26.3 Å². The van der Waals surface area contributed by atoms with E-state index in [2.05, 4.69) is 13.0 Å². The van der Waals surface area contributed by atoms with E-state index in [0.29, 0.717) is 5.75 Å². The molecule has 0 spiro atoms. The minimum Gasteiger partial charge on any atom is -0.426 e. The summed E-state index contributed by atoms with van der Waals surface area (Å²) in [7, 11) is 0. The van der Waals surface area contributed by atoms with Crippen molar-refractivity contribution in [2.45, 2.75) is 33.1 Å². The van der Waals surface area contributed by atoms with E-state index >= 15 is 0 Å². The molecule has 0 aromatic heterocycles. The third-order valence-corrected chi connectivity index (χ3v) is 3.58. The minimum absolute atomic E-state index is 0.127. The van der Waals surface area contributed by atoms with Crippen LogP contribution < -0.4 is 4.74 Å². The molecule has 0 saturated heterocycles. The van der Waals surface area contributed by atoms with Crippen molar-refractivity contribution in [2.24, 2.45) is 11.8 Å². The highest BCUT2D eigenvalue weighted by Crippen LogP contribution is 2.28. The molecule has 96 valence electrons. The molecule has 0 aliphatic heterocycles. The molecule has 0 N–H and O–H groups in total. The number of rotatable bonds is 3. The number of hydrogen-bond donors (Lipinski definition) is 0. The van der Waals surface area contributed by atoms with Crippen LogP contribution in [0, 0.1) is 11.8 Å². The van der Waals surface area contributed by atoms with E-state index in [4.69, 9.17) is 4.74 Å². The summed E-state index contributed by atoms with van der Waals surface area (Å²) in [5, 5.41) is 0. The third-order valence-electron chi connectivity index (χ3n) is 3.58. The summed E-state index contributed by atoms with van der Waals surface area (Å²) in [5.41, 5.74) is 1.23. The first-order valence-corrected chi connectivity index (χ1v) is 6.62. The second kappa shape index (κ2) is 5.85. The number of ether oxygens (including phenoxy) is 1. The van der Waals surface area contributed by atoms with Gasteiger partial charge < -0.3 is 4.74 Å². The molecule has 2 unspecified atom stereocenters. The van der Waals surface area contributed by atoms with Gasteiger partial charge >= 0.3 is 5.97 Å². The fourth-order valence-corrected chi connectivity index (χ4v) is 2.22. The Morgan fingerprint density at radius 3 is 2.67 bits per heavy atom. The summed E-state index contributed by atoms with van der Waals surface area (Å²) in [6, 6.07) is 9.26. The normalized spacial score (nSPS) is 21.0. The number of benzene rings is 1. The highest BCUT2D eigenvalue weighted by atomic mass is 16.5. The Kier molecular flexibility index (Phi) is 4.19. The third kappa shape index (κ3) is 3.22. The zero-order valence-electron chi connectivity index (χ0n) is 11.1. The molecule has 0 radical (unpaired) electrons. The predicted octanol–water partition coefficient (Wildman–Crippen LogP) is 3.97. The molecule has 0 heterocycles. The lowest BCUT2D eigenvalue weighted by molar-refractivity contribution is -0.137. The lowest BCUT2D eigenvalue weighted by atomic mass is 9.85. The van der Waals surface area contributed by atoms with Gasteiger partial charge in [-0.15, -0.1) is 0 Å².